The number of hydrogen-bond donors (Lipinski definition) is 0. The van der Waals surface area contributed by atoms with Crippen molar-refractivity contribution in [1.29, 1.82) is 0 Å². The molecular formula is C18H17F4N5O. The van der Waals surface area contributed by atoms with E-state index in [0.29, 0.717) is 19.0 Å². The van der Waals surface area contributed by atoms with E-state index in [4.69, 9.17) is 4.42 Å². The Bertz CT molecular complexity index is 926. The van der Waals surface area contributed by atoms with Crippen LogP contribution in [0.4, 0.5) is 29.2 Å². The van der Waals surface area contributed by atoms with Gasteiger partial charge < -0.3 is 14.2 Å². The van der Waals surface area contributed by atoms with E-state index in [9.17, 15) is 17.6 Å². The Morgan fingerprint density at radius 2 is 1.61 bits per heavy atom. The number of aromatic nitrogens is 3. The highest BCUT2D eigenvalue weighted by atomic mass is 19.4. The fraction of sp³-hybridized carbons (Fsp3) is 0.333. The van der Waals surface area contributed by atoms with Gasteiger partial charge in [-0.1, -0.05) is 0 Å². The van der Waals surface area contributed by atoms with Gasteiger partial charge >= 0.3 is 6.18 Å². The zero-order chi connectivity index (χ0) is 19.7. The maximum absolute atomic E-state index is 13.0. The van der Waals surface area contributed by atoms with Crippen LogP contribution >= 0.6 is 0 Å². The maximum Gasteiger partial charge on any atom is 0.449 e. The predicted molar refractivity (Wildman–Crippen MR) is 93.7 cm³/mol. The molecule has 10 heteroatoms. The van der Waals surface area contributed by atoms with E-state index < -0.39 is 11.9 Å². The first-order valence-corrected chi connectivity index (χ1v) is 8.69. The van der Waals surface area contributed by atoms with E-state index in [1.807, 2.05) is 4.90 Å². The van der Waals surface area contributed by atoms with Crippen LogP contribution < -0.4 is 9.80 Å². The van der Waals surface area contributed by atoms with Crippen molar-refractivity contribution < 1.29 is 22.0 Å². The molecule has 0 spiro atoms. The van der Waals surface area contributed by atoms with Gasteiger partial charge in [0.25, 0.3) is 0 Å². The van der Waals surface area contributed by atoms with Crippen molar-refractivity contribution in [2.24, 2.45) is 0 Å². The number of alkyl halides is 3. The number of anilines is 2. The van der Waals surface area contributed by atoms with E-state index >= 15 is 0 Å². The van der Waals surface area contributed by atoms with Gasteiger partial charge in [0.1, 0.15) is 24.4 Å². The molecule has 3 heterocycles. The van der Waals surface area contributed by atoms with Crippen LogP contribution in [0.5, 0.6) is 0 Å². The van der Waals surface area contributed by atoms with Crippen molar-refractivity contribution in [3.63, 3.8) is 0 Å². The van der Waals surface area contributed by atoms with Gasteiger partial charge in [0.05, 0.1) is 0 Å². The SMILES string of the molecule is Fc1ccc(N2CCN(c3ncn(Cc4ccc(C(F)(F)F)o4)n3)CC2)cc1. The van der Waals surface area contributed by atoms with Gasteiger partial charge in [0, 0.05) is 31.9 Å². The average molecular weight is 395 g/mol. The molecule has 0 atom stereocenters. The summed E-state index contributed by atoms with van der Waals surface area (Å²) in [4.78, 5) is 8.39. The third-order valence-corrected chi connectivity index (χ3v) is 4.54. The largest absolute Gasteiger partial charge is 0.455 e. The number of halogens is 4. The summed E-state index contributed by atoms with van der Waals surface area (Å²) in [5.41, 5.74) is 0.956. The van der Waals surface area contributed by atoms with Crippen molar-refractivity contribution in [3.05, 3.63) is 60.1 Å². The molecule has 0 bridgehead atoms. The van der Waals surface area contributed by atoms with Gasteiger partial charge in [0.2, 0.25) is 11.7 Å². The van der Waals surface area contributed by atoms with Crippen LogP contribution in [-0.4, -0.2) is 40.9 Å². The van der Waals surface area contributed by atoms with Gasteiger partial charge in [-0.15, -0.1) is 5.10 Å². The van der Waals surface area contributed by atoms with Crippen LogP contribution in [0.15, 0.2) is 47.1 Å². The third-order valence-electron chi connectivity index (χ3n) is 4.54. The molecular weight excluding hydrogens is 378 g/mol. The molecule has 0 unspecified atom stereocenters. The molecule has 148 valence electrons. The summed E-state index contributed by atoms with van der Waals surface area (Å²) in [7, 11) is 0. The first-order chi connectivity index (χ1) is 13.4. The Hall–Kier alpha value is -3.04. The topological polar surface area (TPSA) is 50.3 Å². The minimum atomic E-state index is -4.50. The summed E-state index contributed by atoms with van der Waals surface area (Å²) in [6.45, 7) is 2.89. The first kappa shape index (κ1) is 18.3. The fourth-order valence-electron chi connectivity index (χ4n) is 3.10. The second kappa shape index (κ2) is 7.17. The highest BCUT2D eigenvalue weighted by Gasteiger charge is 2.34. The minimum Gasteiger partial charge on any atom is -0.455 e. The number of furan rings is 1. The molecule has 1 saturated heterocycles. The zero-order valence-electron chi connectivity index (χ0n) is 14.7. The van der Waals surface area contributed by atoms with E-state index in [-0.39, 0.29) is 18.1 Å². The van der Waals surface area contributed by atoms with Crippen molar-refractivity contribution in [2.75, 3.05) is 36.0 Å². The predicted octanol–water partition coefficient (Wildman–Crippen LogP) is 3.40. The van der Waals surface area contributed by atoms with Crippen molar-refractivity contribution in [1.82, 2.24) is 14.8 Å². The Balaban J connectivity index is 1.36. The van der Waals surface area contributed by atoms with Crippen molar-refractivity contribution >= 4 is 11.6 Å². The lowest BCUT2D eigenvalue weighted by atomic mass is 10.2. The summed E-state index contributed by atoms with van der Waals surface area (Å²) in [5.74, 6) is -0.623. The molecule has 3 aromatic rings. The Morgan fingerprint density at radius 3 is 2.25 bits per heavy atom. The molecule has 28 heavy (non-hydrogen) atoms. The summed E-state index contributed by atoms with van der Waals surface area (Å²) >= 11 is 0. The molecule has 0 amide bonds. The lowest BCUT2D eigenvalue weighted by Gasteiger charge is -2.35. The van der Waals surface area contributed by atoms with Crippen LogP contribution in [0, 0.1) is 5.82 Å². The molecule has 0 aliphatic carbocycles. The van der Waals surface area contributed by atoms with Crippen LogP contribution in [0.25, 0.3) is 0 Å². The molecule has 0 N–H and O–H groups in total. The molecule has 0 radical (unpaired) electrons. The van der Waals surface area contributed by atoms with E-state index in [1.54, 1.807) is 12.1 Å². The van der Waals surface area contributed by atoms with Gasteiger partial charge in [-0.2, -0.15) is 13.2 Å². The zero-order valence-corrected chi connectivity index (χ0v) is 14.7. The Labute approximate surface area is 158 Å². The molecule has 2 aromatic heterocycles. The second-order valence-corrected chi connectivity index (χ2v) is 6.46. The smallest absolute Gasteiger partial charge is 0.449 e. The van der Waals surface area contributed by atoms with Gasteiger partial charge in [-0.25, -0.2) is 14.1 Å². The van der Waals surface area contributed by atoms with E-state index in [2.05, 4.69) is 15.0 Å². The van der Waals surface area contributed by atoms with Crippen molar-refractivity contribution in [3.8, 4) is 0 Å². The summed E-state index contributed by atoms with van der Waals surface area (Å²) in [6.07, 6.45) is -3.03. The Morgan fingerprint density at radius 1 is 0.929 bits per heavy atom. The summed E-state index contributed by atoms with van der Waals surface area (Å²) in [6, 6.07) is 8.55. The Kier molecular flexibility index (Phi) is 4.70. The molecule has 0 saturated carbocycles. The van der Waals surface area contributed by atoms with Gasteiger partial charge in [-0.3, -0.25) is 0 Å². The second-order valence-electron chi connectivity index (χ2n) is 6.46. The van der Waals surface area contributed by atoms with Crippen molar-refractivity contribution in [2.45, 2.75) is 12.7 Å². The number of nitrogens with zero attached hydrogens (tertiary/aromatic N) is 5. The first-order valence-electron chi connectivity index (χ1n) is 8.69. The van der Waals surface area contributed by atoms with Crippen LogP contribution in [0.2, 0.25) is 0 Å². The lowest BCUT2D eigenvalue weighted by Crippen LogP contribution is -2.47. The molecule has 1 fully saturated rings. The van der Waals surface area contributed by atoms with Gasteiger partial charge in [-0.05, 0) is 36.4 Å². The molecule has 4 rings (SSSR count). The van der Waals surface area contributed by atoms with E-state index in [0.717, 1.165) is 24.8 Å². The standard InChI is InChI=1S/C18H17F4N5O/c19-13-1-3-14(4-2-13)25-7-9-26(10-8-25)17-23-12-27(24-17)11-15-5-6-16(28-15)18(20,21)22/h1-6,12H,7-11H2. The normalized spacial score (nSPS) is 15.3. The highest BCUT2D eigenvalue weighted by molar-refractivity contribution is 5.48. The summed E-state index contributed by atoms with van der Waals surface area (Å²) < 4.78 is 57.1. The third kappa shape index (κ3) is 3.95. The number of rotatable bonds is 4. The molecule has 1 aromatic carbocycles. The van der Waals surface area contributed by atoms with Crippen LogP contribution in [0.1, 0.15) is 11.5 Å². The van der Waals surface area contributed by atoms with Gasteiger partial charge in [0.15, 0.2) is 0 Å². The molecule has 6 nitrogen and oxygen atoms in total. The molecule has 1 aliphatic rings. The average Bonchev–Trinajstić information content (AvgIpc) is 3.32. The molecule has 1 aliphatic heterocycles. The maximum atomic E-state index is 13.0. The summed E-state index contributed by atoms with van der Waals surface area (Å²) in [5, 5.41) is 4.33. The number of hydrogen-bond acceptors (Lipinski definition) is 5. The quantitative estimate of drug-likeness (QED) is 0.634. The fourth-order valence-corrected chi connectivity index (χ4v) is 3.10. The monoisotopic (exact) mass is 395 g/mol. The highest BCUT2D eigenvalue weighted by Crippen LogP contribution is 2.30. The lowest BCUT2D eigenvalue weighted by molar-refractivity contribution is -0.153. The van der Waals surface area contributed by atoms with E-state index in [1.165, 1.54) is 29.2 Å². The number of piperazine rings is 1. The van der Waals surface area contributed by atoms with Crippen LogP contribution in [0.3, 0.4) is 0 Å². The van der Waals surface area contributed by atoms with Crippen LogP contribution in [-0.2, 0) is 12.7 Å². The number of benzene rings is 1. The minimum absolute atomic E-state index is 0.0681.